The van der Waals surface area contributed by atoms with Gasteiger partial charge < -0.3 is 14.6 Å². The van der Waals surface area contributed by atoms with Crippen LogP contribution in [-0.2, 0) is 16.1 Å². The first-order valence-electron chi connectivity index (χ1n) is 8.62. The van der Waals surface area contributed by atoms with Gasteiger partial charge in [0, 0.05) is 19.5 Å². The number of likely N-dealkylation sites (tertiary alicyclic amines) is 1. The summed E-state index contributed by atoms with van der Waals surface area (Å²) in [5.74, 6) is 1.17. The van der Waals surface area contributed by atoms with Crippen molar-refractivity contribution in [1.29, 1.82) is 0 Å². The summed E-state index contributed by atoms with van der Waals surface area (Å²) in [6.45, 7) is 6.80. The second-order valence-corrected chi connectivity index (χ2v) is 6.84. The zero-order valence-electron chi connectivity index (χ0n) is 14.9. The Bertz CT molecular complexity index is 764. The van der Waals surface area contributed by atoms with Crippen molar-refractivity contribution in [1.82, 2.24) is 10.2 Å². The number of carbonyl (C=O) groups excluding carboxylic acids is 2. The first kappa shape index (κ1) is 17.3. The first-order chi connectivity index (χ1) is 11.9. The highest BCUT2D eigenvalue weighted by Gasteiger charge is 2.34. The molecule has 0 bridgehead atoms. The molecule has 0 saturated carbocycles. The third-order valence-electron chi connectivity index (χ3n) is 4.63. The smallest absolute Gasteiger partial charge is 0.226 e. The molecular formula is C20H24N2O3. The van der Waals surface area contributed by atoms with E-state index in [2.05, 4.69) is 5.32 Å². The Morgan fingerprint density at radius 2 is 1.96 bits per heavy atom. The van der Waals surface area contributed by atoms with E-state index >= 15 is 0 Å². The molecule has 2 heterocycles. The van der Waals surface area contributed by atoms with Crippen LogP contribution in [0.15, 0.2) is 40.8 Å². The number of furan rings is 1. The van der Waals surface area contributed by atoms with Crippen molar-refractivity contribution >= 4 is 11.8 Å². The third-order valence-corrected chi connectivity index (χ3v) is 4.63. The van der Waals surface area contributed by atoms with Crippen LogP contribution in [0.1, 0.15) is 42.0 Å². The standard InChI is InChI=1S/C20H24N2O3/c1-13-4-7-16(8-5-13)11-22-12-17(10-19(22)23)20(24)21-15(3)18-9-6-14(2)25-18/h4-9,15,17H,10-12H2,1-3H3,(H,21,24). The summed E-state index contributed by atoms with van der Waals surface area (Å²) in [6, 6.07) is 11.7. The SMILES string of the molecule is Cc1ccc(CN2CC(C(=O)NC(C)c3ccc(C)o3)CC2=O)cc1. The zero-order chi connectivity index (χ0) is 18.0. The summed E-state index contributed by atoms with van der Waals surface area (Å²) in [4.78, 5) is 26.5. The number of amides is 2. The summed E-state index contributed by atoms with van der Waals surface area (Å²) in [5.41, 5.74) is 2.27. The van der Waals surface area contributed by atoms with E-state index in [9.17, 15) is 9.59 Å². The lowest BCUT2D eigenvalue weighted by atomic mass is 10.1. The van der Waals surface area contributed by atoms with Crippen molar-refractivity contribution in [2.45, 2.75) is 39.8 Å². The minimum absolute atomic E-state index is 0.0298. The molecule has 2 amide bonds. The van der Waals surface area contributed by atoms with Gasteiger partial charge in [-0.1, -0.05) is 29.8 Å². The fraction of sp³-hybridized carbons (Fsp3) is 0.400. The van der Waals surface area contributed by atoms with Gasteiger partial charge in [-0.05, 0) is 38.5 Å². The maximum atomic E-state index is 12.5. The summed E-state index contributed by atoms with van der Waals surface area (Å²) in [6.07, 6.45) is 0.265. The van der Waals surface area contributed by atoms with E-state index in [0.717, 1.165) is 17.1 Å². The number of rotatable bonds is 5. The van der Waals surface area contributed by atoms with Gasteiger partial charge in [0.25, 0.3) is 0 Å². The molecule has 0 spiro atoms. The van der Waals surface area contributed by atoms with Crippen molar-refractivity contribution in [3.63, 3.8) is 0 Å². The van der Waals surface area contributed by atoms with E-state index in [4.69, 9.17) is 4.42 Å². The molecular weight excluding hydrogens is 316 g/mol. The number of hydrogen-bond acceptors (Lipinski definition) is 3. The molecule has 132 valence electrons. The Balaban J connectivity index is 1.57. The van der Waals surface area contributed by atoms with Gasteiger partial charge in [-0.2, -0.15) is 0 Å². The number of benzene rings is 1. The van der Waals surface area contributed by atoms with E-state index in [-0.39, 0.29) is 30.2 Å². The Kier molecular flexibility index (Phi) is 4.93. The molecule has 2 aromatic rings. The summed E-state index contributed by atoms with van der Waals surface area (Å²) >= 11 is 0. The van der Waals surface area contributed by atoms with Gasteiger partial charge in [0.2, 0.25) is 11.8 Å². The maximum absolute atomic E-state index is 12.5. The largest absolute Gasteiger partial charge is 0.464 e. The average Bonchev–Trinajstić information content (AvgIpc) is 3.16. The van der Waals surface area contributed by atoms with Gasteiger partial charge in [0.05, 0.1) is 12.0 Å². The quantitative estimate of drug-likeness (QED) is 0.909. The molecule has 1 saturated heterocycles. The Labute approximate surface area is 148 Å². The van der Waals surface area contributed by atoms with E-state index < -0.39 is 0 Å². The number of aryl methyl sites for hydroxylation is 2. The normalized spacial score (nSPS) is 18.4. The monoisotopic (exact) mass is 340 g/mol. The van der Waals surface area contributed by atoms with Gasteiger partial charge in [0.1, 0.15) is 11.5 Å². The van der Waals surface area contributed by atoms with Crippen molar-refractivity contribution in [3.05, 3.63) is 59.0 Å². The molecule has 5 heteroatoms. The predicted octanol–water partition coefficient (Wildman–Crippen LogP) is 3.12. The van der Waals surface area contributed by atoms with Crippen LogP contribution in [0.5, 0.6) is 0 Å². The molecule has 1 aliphatic rings. The summed E-state index contributed by atoms with van der Waals surface area (Å²) in [7, 11) is 0. The molecule has 1 aromatic heterocycles. The molecule has 2 unspecified atom stereocenters. The van der Waals surface area contributed by atoms with Gasteiger partial charge in [-0.15, -0.1) is 0 Å². The fourth-order valence-electron chi connectivity index (χ4n) is 3.10. The Morgan fingerprint density at radius 3 is 2.60 bits per heavy atom. The average molecular weight is 340 g/mol. The van der Waals surface area contributed by atoms with E-state index in [1.54, 1.807) is 4.90 Å². The molecule has 0 radical (unpaired) electrons. The van der Waals surface area contributed by atoms with E-state index in [1.165, 1.54) is 5.56 Å². The minimum Gasteiger partial charge on any atom is -0.464 e. The predicted molar refractivity (Wildman–Crippen MR) is 94.7 cm³/mol. The molecule has 3 rings (SSSR count). The van der Waals surface area contributed by atoms with Crippen molar-refractivity contribution < 1.29 is 14.0 Å². The third kappa shape index (κ3) is 4.10. The first-order valence-corrected chi connectivity index (χ1v) is 8.62. The highest BCUT2D eigenvalue weighted by molar-refractivity contribution is 5.89. The molecule has 1 fully saturated rings. The van der Waals surface area contributed by atoms with Gasteiger partial charge >= 0.3 is 0 Å². The van der Waals surface area contributed by atoms with Crippen LogP contribution in [-0.4, -0.2) is 23.3 Å². The Morgan fingerprint density at radius 1 is 1.24 bits per heavy atom. The van der Waals surface area contributed by atoms with Crippen LogP contribution in [0.3, 0.4) is 0 Å². The van der Waals surface area contributed by atoms with Crippen molar-refractivity contribution in [3.8, 4) is 0 Å². The van der Waals surface area contributed by atoms with Crippen LogP contribution in [0.25, 0.3) is 0 Å². The number of carbonyl (C=O) groups is 2. The van der Waals surface area contributed by atoms with Crippen LogP contribution < -0.4 is 5.32 Å². The zero-order valence-corrected chi connectivity index (χ0v) is 14.9. The lowest BCUT2D eigenvalue weighted by Gasteiger charge is -2.18. The molecule has 0 aliphatic carbocycles. The van der Waals surface area contributed by atoms with Crippen LogP contribution in [0.2, 0.25) is 0 Å². The second kappa shape index (κ2) is 7.13. The number of nitrogens with one attached hydrogen (secondary N) is 1. The topological polar surface area (TPSA) is 62.6 Å². The summed E-state index contributed by atoms with van der Waals surface area (Å²) < 4.78 is 5.55. The van der Waals surface area contributed by atoms with Crippen LogP contribution in [0.4, 0.5) is 0 Å². The lowest BCUT2D eigenvalue weighted by Crippen LogP contribution is -2.34. The molecule has 1 aromatic carbocycles. The molecule has 1 aliphatic heterocycles. The number of nitrogens with zero attached hydrogens (tertiary/aromatic N) is 1. The minimum atomic E-state index is -0.309. The second-order valence-electron chi connectivity index (χ2n) is 6.84. The number of hydrogen-bond donors (Lipinski definition) is 1. The van der Waals surface area contributed by atoms with Crippen molar-refractivity contribution in [2.75, 3.05) is 6.54 Å². The van der Waals surface area contributed by atoms with Gasteiger partial charge in [-0.3, -0.25) is 9.59 Å². The highest BCUT2D eigenvalue weighted by Crippen LogP contribution is 2.22. The van der Waals surface area contributed by atoms with E-state index in [0.29, 0.717) is 13.1 Å². The molecule has 2 atom stereocenters. The van der Waals surface area contributed by atoms with Crippen molar-refractivity contribution in [2.24, 2.45) is 5.92 Å². The fourth-order valence-corrected chi connectivity index (χ4v) is 3.10. The molecule has 1 N–H and O–H groups in total. The highest BCUT2D eigenvalue weighted by atomic mass is 16.3. The molecule has 25 heavy (non-hydrogen) atoms. The summed E-state index contributed by atoms with van der Waals surface area (Å²) in [5, 5.41) is 2.95. The van der Waals surface area contributed by atoms with Gasteiger partial charge in [-0.25, -0.2) is 0 Å². The van der Waals surface area contributed by atoms with Crippen LogP contribution >= 0.6 is 0 Å². The maximum Gasteiger partial charge on any atom is 0.226 e. The van der Waals surface area contributed by atoms with Gasteiger partial charge in [0.15, 0.2) is 0 Å². The van der Waals surface area contributed by atoms with Crippen LogP contribution in [0, 0.1) is 19.8 Å². The Hall–Kier alpha value is -2.56. The van der Waals surface area contributed by atoms with E-state index in [1.807, 2.05) is 57.2 Å². The molecule has 5 nitrogen and oxygen atoms in total. The lowest BCUT2D eigenvalue weighted by molar-refractivity contribution is -0.129.